The van der Waals surface area contributed by atoms with E-state index in [1.54, 1.807) is 6.07 Å². The lowest BCUT2D eigenvalue weighted by atomic mass is 10.0. The molecule has 0 amide bonds. The van der Waals surface area contributed by atoms with E-state index in [4.69, 9.17) is 27.9 Å². The molecule has 0 aliphatic carbocycles. The number of rotatable bonds is 3. The van der Waals surface area contributed by atoms with E-state index in [1.165, 1.54) is 0 Å². The van der Waals surface area contributed by atoms with Gasteiger partial charge in [-0.25, -0.2) is 4.98 Å². The number of hydrogen-bond donors (Lipinski definition) is 0. The van der Waals surface area contributed by atoms with Crippen molar-refractivity contribution in [2.75, 3.05) is 0 Å². The molecule has 0 fully saturated rings. The van der Waals surface area contributed by atoms with Crippen molar-refractivity contribution in [3.05, 3.63) is 76.5 Å². The van der Waals surface area contributed by atoms with E-state index in [0.29, 0.717) is 16.9 Å². The summed E-state index contributed by atoms with van der Waals surface area (Å²) in [5.41, 5.74) is 1.75. The highest BCUT2D eigenvalue weighted by Crippen LogP contribution is 2.31. The number of ether oxygens (including phenoxy) is 1. The summed E-state index contributed by atoms with van der Waals surface area (Å²) in [5, 5.41) is 9.60. The summed E-state index contributed by atoms with van der Waals surface area (Å²) in [6.45, 7) is 0. The van der Waals surface area contributed by atoms with Gasteiger partial charge in [-0.3, -0.25) is 0 Å². The molecular formula is C18H10Cl2N2O. The second kappa shape index (κ2) is 6.70. The average Bonchev–Trinajstić information content (AvgIpc) is 2.56. The third kappa shape index (κ3) is 3.45. The van der Waals surface area contributed by atoms with Gasteiger partial charge >= 0.3 is 0 Å². The van der Waals surface area contributed by atoms with Crippen LogP contribution >= 0.6 is 23.2 Å². The maximum Gasteiger partial charge on any atom is 0.149 e. The lowest BCUT2D eigenvalue weighted by Crippen LogP contribution is -1.90. The minimum absolute atomic E-state index is 0.0969. The Morgan fingerprint density at radius 3 is 2.22 bits per heavy atom. The van der Waals surface area contributed by atoms with Crippen LogP contribution in [0.2, 0.25) is 10.3 Å². The topological polar surface area (TPSA) is 45.9 Å². The monoisotopic (exact) mass is 340 g/mol. The number of para-hydroxylation sites is 1. The molecule has 0 spiro atoms. The van der Waals surface area contributed by atoms with E-state index in [-0.39, 0.29) is 10.3 Å². The zero-order valence-corrected chi connectivity index (χ0v) is 13.3. The Labute approximate surface area is 143 Å². The fourth-order valence-corrected chi connectivity index (χ4v) is 2.62. The van der Waals surface area contributed by atoms with E-state index < -0.39 is 0 Å². The largest absolute Gasteiger partial charge is 0.457 e. The van der Waals surface area contributed by atoms with Crippen LogP contribution in [0.15, 0.2) is 60.7 Å². The van der Waals surface area contributed by atoms with Gasteiger partial charge < -0.3 is 4.74 Å². The minimum atomic E-state index is 0.0969. The third-order valence-corrected chi connectivity index (χ3v) is 3.67. The highest BCUT2D eigenvalue weighted by Gasteiger charge is 2.12. The number of benzene rings is 2. The maximum atomic E-state index is 9.26. The summed E-state index contributed by atoms with van der Waals surface area (Å²) in [6.07, 6.45) is 0. The zero-order valence-electron chi connectivity index (χ0n) is 11.8. The van der Waals surface area contributed by atoms with Crippen LogP contribution in [0.4, 0.5) is 0 Å². The maximum absolute atomic E-state index is 9.26. The van der Waals surface area contributed by atoms with Crippen molar-refractivity contribution in [1.29, 1.82) is 5.26 Å². The molecule has 3 nitrogen and oxygen atoms in total. The Hall–Kier alpha value is -2.54. The predicted octanol–water partition coefficient (Wildman–Crippen LogP) is 5.72. The van der Waals surface area contributed by atoms with Crippen LogP contribution in [0.5, 0.6) is 11.5 Å². The Morgan fingerprint density at radius 1 is 0.913 bits per heavy atom. The van der Waals surface area contributed by atoms with Gasteiger partial charge in [0.05, 0.1) is 5.56 Å². The molecule has 3 aromatic rings. The molecule has 0 aliphatic rings. The summed E-state index contributed by atoms with van der Waals surface area (Å²) in [6, 6.07) is 20.5. The highest BCUT2D eigenvalue weighted by atomic mass is 35.5. The Balaban J connectivity index is 1.93. The van der Waals surface area contributed by atoms with Crippen molar-refractivity contribution in [2.45, 2.75) is 0 Å². The predicted molar refractivity (Wildman–Crippen MR) is 90.9 cm³/mol. The van der Waals surface area contributed by atoms with Crippen molar-refractivity contribution >= 4 is 23.2 Å². The van der Waals surface area contributed by atoms with Crippen molar-refractivity contribution in [3.8, 4) is 28.7 Å². The molecular weight excluding hydrogens is 331 g/mol. The fourth-order valence-electron chi connectivity index (χ4n) is 2.15. The molecule has 2 aromatic carbocycles. The average molecular weight is 341 g/mol. The number of nitriles is 1. The molecule has 1 aromatic heterocycles. The molecule has 0 saturated carbocycles. The van der Waals surface area contributed by atoms with Gasteiger partial charge in [0.15, 0.2) is 0 Å². The first kappa shape index (κ1) is 15.4. The van der Waals surface area contributed by atoms with E-state index in [9.17, 15) is 5.26 Å². The number of pyridine rings is 1. The lowest BCUT2D eigenvalue weighted by molar-refractivity contribution is 0.483. The van der Waals surface area contributed by atoms with E-state index in [1.807, 2.05) is 54.6 Å². The molecule has 0 unspecified atom stereocenters. The van der Waals surface area contributed by atoms with Crippen LogP contribution in [0, 0.1) is 11.3 Å². The quantitative estimate of drug-likeness (QED) is 0.573. The summed E-state index contributed by atoms with van der Waals surface area (Å²) < 4.78 is 5.74. The van der Waals surface area contributed by atoms with Crippen LogP contribution in [-0.4, -0.2) is 4.98 Å². The van der Waals surface area contributed by atoms with E-state index in [2.05, 4.69) is 11.1 Å². The lowest BCUT2D eigenvalue weighted by Gasteiger charge is -2.09. The van der Waals surface area contributed by atoms with Crippen molar-refractivity contribution in [1.82, 2.24) is 4.98 Å². The minimum Gasteiger partial charge on any atom is -0.457 e. The Kier molecular flexibility index (Phi) is 4.47. The normalized spacial score (nSPS) is 10.1. The molecule has 0 bridgehead atoms. The standard InChI is InChI=1S/C18H10Cl2N2O/c19-17-10-15(16(11-21)18(20)22-17)12-6-8-14(9-7-12)23-13-4-2-1-3-5-13/h1-10H. The van der Waals surface area contributed by atoms with Crippen LogP contribution in [0.25, 0.3) is 11.1 Å². The first-order valence-electron chi connectivity index (χ1n) is 6.77. The van der Waals surface area contributed by atoms with Crippen LogP contribution in [0.3, 0.4) is 0 Å². The molecule has 0 saturated heterocycles. The summed E-state index contributed by atoms with van der Waals surface area (Å²) in [7, 11) is 0. The Morgan fingerprint density at radius 2 is 1.57 bits per heavy atom. The number of halogens is 2. The molecule has 5 heteroatoms. The third-order valence-electron chi connectivity index (χ3n) is 3.20. The molecule has 1 heterocycles. The molecule has 0 radical (unpaired) electrons. The van der Waals surface area contributed by atoms with Crippen molar-refractivity contribution in [2.24, 2.45) is 0 Å². The smallest absolute Gasteiger partial charge is 0.149 e. The van der Waals surface area contributed by atoms with Gasteiger partial charge in [-0.15, -0.1) is 0 Å². The van der Waals surface area contributed by atoms with E-state index in [0.717, 1.165) is 11.3 Å². The second-order valence-electron chi connectivity index (χ2n) is 4.71. The van der Waals surface area contributed by atoms with E-state index >= 15 is 0 Å². The number of nitrogens with zero attached hydrogens (tertiary/aromatic N) is 2. The summed E-state index contributed by atoms with van der Waals surface area (Å²) >= 11 is 11.9. The second-order valence-corrected chi connectivity index (χ2v) is 5.45. The van der Waals surface area contributed by atoms with Crippen LogP contribution in [0.1, 0.15) is 5.56 Å². The van der Waals surface area contributed by atoms with Gasteiger partial charge in [-0.05, 0) is 35.9 Å². The van der Waals surface area contributed by atoms with Crippen molar-refractivity contribution in [3.63, 3.8) is 0 Å². The van der Waals surface area contributed by atoms with Gasteiger partial charge in [-0.1, -0.05) is 53.5 Å². The van der Waals surface area contributed by atoms with Crippen LogP contribution < -0.4 is 4.74 Å². The molecule has 0 atom stereocenters. The molecule has 23 heavy (non-hydrogen) atoms. The molecule has 112 valence electrons. The van der Waals surface area contributed by atoms with Gasteiger partial charge in [0.1, 0.15) is 27.9 Å². The molecule has 0 N–H and O–H groups in total. The SMILES string of the molecule is N#Cc1c(-c2ccc(Oc3ccccc3)cc2)cc(Cl)nc1Cl. The highest BCUT2D eigenvalue weighted by molar-refractivity contribution is 6.33. The number of aromatic nitrogens is 1. The Bertz CT molecular complexity index is 872. The van der Waals surface area contributed by atoms with Crippen LogP contribution in [-0.2, 0) is 0 Å². The fraction of sp³-hybridized carbons (Fsp3) is 0. The number of hydrogen-bond acceptors (Lipinski definition) is 3. The first-order valence-corrected chi connectivity index (χ1v) is 7.52. The zero-order chi connectivity index (χ0) is 16.2. The van der Waals surface area contributed by atoms with Gasteiger partial charge in [0.25, 0.3) is 0 Å². The van der Waals surface area contributed by atoms with Gasteiger partial charge in [0, 0.05) is 5.56 Å². The first-order chi connectivity index (χ1) is 11.2. The van der Waals surface area contributed by atoms with Gasteiger partial charge in [-0.2, -0.15) is 5.26 Å². The van der Waals surface area contributed by atoms with Crippen molar-refractivity contribution < 1.29 is 4.74 Å². The van der Waals surface area contributed by atoms with Gasteiger partial charge in [0.2, 0.25) is 0 Å². The summed E-state index contributed by atoms with van der Waals surface area (Å²) in [5.74, 6) is 1.46. The summed E-state index contributed by atoms with van der Waals surface area (Å²) in [4.78, 5) is 3.89. The molecule has 3 rings (SSSR count). The molecule has 0 aliphatic heterocycles.